The topological polar surface area (TPSA) is 124 Å². The van der Waals surface area contributed by atoms with E-state index in [0.29, 0.717) is 12.4 Å². The average Bonchev–Trinajstić information content (AvgIpc) is 3.34. The number of thiazole rings is 1. The van der Waals surface area contributed by atoms with E-state index in [1.165, 1.54) is 18.4 Å². The van der Waals surface area contributed by atoms with Crippen molar-refractivity contribution in [3.63, 3.8) is 0 Å². The minimum atomic E-state index is -0.776. The molecule has 37 heavy (non-hydrogen) atoms. The maximum absolute atomic E-state index is 12.4. The second-order valence-electron chi connectivity index (χ2n) is 8.74. The Bertz CT molecular complexity index is 866. The van der Waals surface area contributed by atoms with Gasteiger partial charge in [-0.3, -0.25) is 14.4 Å². The summed E-state index contributed by atoms with van der Waals surface area (Å²) in [7, 11) is 1.17. The third kappa shape index (κ3) is 16.4. The Morgan fingerprint density at radius 2 is 1.59 bits per heavy atom. The summed E-state index contributed by atoms with van der Waals surface area (Å²) in [5, 5.41) is 7.25. The molecule has 1 aromatic rings. The van der Waals surface area contributed by atoms with Crippen LogP contribution in [0.5, 0.6) is 0 Å². The molecule has 0 fully saturated rings. The van der Waals surface area contributed by atoms with Crippen LogP contribution in [0, 0.1) is 0 Å². The van der Waals surface area contributed by atoms with Gasteiger partial charge in [0.05, 0.1) is 17.8 Å². The Hall–Kier alpha value is -3.01. The maximum atomic E-state index is 12.4. The number of rotatable bonds is 13. The molecule has 210 valence electrons. The van der Waals surface area contributed by atoms with Crippen molar-refractivity contribution >= 4 is 35.6 Å². The van der Waals surface area contributed by atoms with Gasteiger partial charge in [-0.05, 0) is 33.6 Å². The molecule has 0 saturated heterocycles. The summed E-state index contributed by atoms with van der Waals surface area (Å²) in [6.45, 7) is 21.1. The van der Waals surface area contributed by atoms with Crippen LogP contribution in [-0.4, -0.2) is 42.0 Å². The second-order valence-corrected chi connectivity index (χ2v) is 9.63. The Morgan fingerprint density at radius 1 is 1.05 bits per heavy atom. The molecule has 2 amide bonds. The largest absolute Gasteiger partial charge is 0.464 e. The van der Waals surface area contributed by atoms with Gasteiger partial charge in [-0.25, -0.2) is 9.78 Å². The third-order valence-corrected chi connectivity index (χ3v) is 5.56. The molecule has 0 atom stereocenters. The van der Waals surface area contributed by atoms with Crippen molar-refractivity contribution in [3.8, 4) is 0 Å². The van der Waals surface area contributed by atoms with Crippen LogP contribution >= 0.6 is 11.3 Å². The molecule has 1 rings (SSSR count). The molecule has 0 aliphatic heterocycles. The number of nitrogens with zero attached hydrogens (tertiary/aromatic N) is 1. The highest BCUT2D eigenvalue weighted by Crippen LogP contribution is 2.30. The molecule has 2 N–H and O–H groups in total. The molecule has 0 aromatic carbocycles. The fourth-order valence-corrected chi connectivity index (χ4v) is 3.63. The van der Waals surface area contributed by atoms with Crippen molar-refractivity contribution in [1.82, 2.24) is 15.6 Å². The van der Waals surface area contributed by atoms with Crippen LogP contribution < -0.4 is 10.6 Å². The lowest BCUT2D eigenvalue weighted by Gasteiger charge is -2.14. The Labute approximate surface area is 226 Å². The number of ether oxygens (including phenoxy) is 2. The molecular weight excluding hydrogens is 494 g/mol. The fourth-order valence-electron chi connectivity index (χ4n) is 2.66. The molecule has 9 nitrogen and oxygen atoms in total. The summed E-state index contributed by atoms with van der Waals surface area (Å²) >= 11 is 1.46. The monoisotopic (exact) mass is 539 g/mol. The van der Waals surface area contributed by atoms with Gasteiger partial charge in [-0.2, -0.15) is 0 Å². The molecule has 0 aliphatic rings. The van der Waals surface area contributed by atoms with Gasteiger partial charge < -0.3 is 20.1 Å². The molecule has 0 unspecified atom stereocenters. The minimum Gasteiger partial charge on any atom is -0.464 e. The van der Waals surface area contributed by atoms with Crippen LogP contribution in [0.2, 0.25) is 0 Å². The smallest absolute Gasteiger partial charge is 0.353 e. The van der Waals surface area contributed by atoms with Crippen molar-refractivity contribution in [1.29, 1.82) is 0 Å². The number of aromatic nitrogens is 1. The number of hydrogen-bond acceptors (Lipinski definition) is 8. The predicted molar refractivity (Wildman–Crippen MR) is 148 cm³/mol. The van der Waals surface area contributed by atoms with E-state index in [9.17, 15) is 19.2 Å². The number of methoxy groups -OCH3 is 1. The summed E-state index contributed by atoms with van der Waals surface area (Å²) < 4.78 is 8.99. The minimum absolute atomic E-state index is 0.210. The first-order chi connectivity index (χ1) is 17.4. The molecule has 1 aromatic heterocycles. The van der Waals surface area contributed by atoms with E-state index in [2.05, 4.69) is 52.1 Å². The Kier molecular flexibility index (Phi) is 19.6. The Balaban J connectivity index is 0. The quantitative estimate of drug-likeness (QED) is 0.189. The van der Waals surface area contributed by atoms with Crippen LogP contribution in [0.25, 0.3) is 0 Å². The number of hydrogen-bond donors (Lipinski definition) is 2. The van der Waals surface area contributed by atoms with Crippen LogP contribution in [-0.2, 0) is 23.9 Å². The highest BCUT2D eigenvalue weighted by atomic mass is 32.1. The van der Waals surface area contributed by atoms with Gasteiger partial charge in [-0.1, -0.05) is 66.5 Å². The van der Waals surface area contributed by atoms with E-state index in [0.717, 1.165) is 43.5 Å². The number of carbonyl (C=O) groups excluding carboxylic acids is 4. The average molecular weight is 540 g/mol. The van der Waals surface area contributed by atoms with Gasteiger partial charge in [0, 0.05) is 11.3 Å². The highest BCUT2D eigenvalue weighted by Gasteiger charge is 2.20. The normalized spacial score (nSPS) is 10.1. The van der Waals surface area contributed by atoms with E-state index in [1.54, 1.807) is 5.38 Å². The first kappa shape index (κ1) is 36.1. The first-order valence-corrected chi connectivity index (χ1v) is 13.4. The van der Waals surface area contributed by atoms with Crippen molar-refractivity contribution in [2.45, 2.75) is 98.5 Å². The number of carbonyl (C=O) groups is 4. The number of nitrogens with one attached hydrogen (secondary N) is 2. The molecular formula is C27H45N3O6S. The number of esters is 1. The maximum Gasteiger partial charge on any atom is 0.353 e. The summed E-state index contributed by atoms with van der Waals surface area (Å²) in [5.41, 5.74) is -0.521. The van der Waals surface area contributed by atoms with Gasteiger partial charge in [-0.15, -0.1) is 11.3 Å². The standard InChI is InChI=1S/C20H29N3O4S.C5H10O2.C2H6/c1-6-8-10-15(11-9-7-2)19-23-16(12-28-19)18(25)21-13(3)17(24)22-14(4)20(26)27-5;1-5(2,3)7-4-6;1-2/h12,15H,3-4,6-11H2,1-2,5H3,(H,21,25)(H,22,24);4H,1-3H3;1-2H3. The van der Waals surface area contributed by atoms with E-state index in [-0.39, 0.29) is 22.7 Å². The van der Waals surface area contributed by atoms with E-state index >= 15 is 0 Å². The number of amides is 2. The van der Waals surface area contributed by atoms with E-state index < -0.39 is 17.8 Å². The molecule has 0 saturated carbocycles. The predicted octanol–water partition coefficient (Wildman–Crippen LogP) is 5.64. The summed E-state index contributed by atoms with van der Waals surface area (Å²) in [5.74, 6) is -1.69. The van der Waals surface area contributed by atoms with Gasteiger partial charge in [0.2, 0.25) is 0 Å². The molecule has 1 heterocycles. The van der Waals surface area contributed by atoms with Crippen LogP contribution in [0.4, 0.5) is 0 Å². The van der Waals surface area contributed by atoms with Crippen LogP contribution in [0.3, 0.4) is 0 Å². The van der Waals surface area contributed by atoms with Crippen LogP contribution in [0.15, 0.2) is 29.9 Å². The zero-order chi connectivity index (χ0) is 29.0. The van der Waals surface area contributed by atoms with Crippen molar-refractivity contribution in [2.24, 2.45) is 0 Å². The lowest BCUT2D eigenvalue weighted by atomic mass is 9.97. The van der Waals surface area contributed by atoms with Gasteiger partial charge in [0.15, 0.2) is 0 Å². The summed E-state index contributed by atoms with van der Waals surface area (Å²) in [4.78, 5) is 49.7. The Morgan fingerprint density at radius 3 is 2.00 bits per heavy atom. The summed E-state index contributed by atoms with van der Waals surface area (Å²) in [6, 6.07) is 0. The molecule has 0 spiro atoms. The van der Waals surface area contributed by atoms with Crippen molar-refractivity contribution in [2.75, 3.05) is 7.11 Å². The molecule has 0 bridgehead atoms. The summed E-state index contributed by atoms with van der Waals surface area (Å²) in [6.07, 6.45) is 6.58. The van der Waals surface area contributed by atoms with Gasteiger partial charge in [0.1, 0.15) is 17.0 Å². The zero-order valence-corrected chi connectivity index (χ0v) is 24.5. The highest BCUT2D eigenvalue weighted by molar-refractivity contribution is 7.09. The SMILES string of the molecule is C=C(NC(=O)c1csc(C(CCCC)CCCC)n1)C(=O)NC(=C)C(=O)OC.CC.CC(C)(C)OC=O. The van der Waals surface area contributed by atoms with E-state index in [1.807, 2.05) is 34.6 Å². The number of unbranched alkanes of at least 4 members (excludes halogenated alkanes) is 2. The van der Waals surface area contributed by atoms with E-state index in [4.69, 9.17) is 0 Å². The van der Waals surface area contributed by atoms with Gasteiger partial charge in [0.25, 0.3) is 18.3 Å². The van der Waals surface area contributed by atoms with Crippen molar-refractivity contribution in [3.05, 3.63) is 40.6 Å². The lowest BCUT2D eigenvalue weighted by Crippen LogP contribution is -2.35. The molecule has 0 radical (unpaired) electrons. The van der Waals surface area contributed by atoms with Crippen LogP contribution in [0.1, 0.15) is 108 Å². The second kappa shape index (κ2) is 20.1. The fraction of sp³-hybridized carbons (Fsp3) is 0.593. The lowest BCUT2D eigenvalue weighted by molar-refractivity contribution is -0.139. The molecule has 10 heteroatoms. The van der Waals surface area contributed by atoms with Crippen molar-refractivity contribution < 1.29 is 28.7 Å². The first-order valence-electron chi connectivity index (χ1n) is 12.6. The van der Waals surface area contributed by atoms with Gasteiger partial charge >= 0.3 is 5.97 Å². The zero-order valence-electron chi connectivity index (χ0n) is 23.7. The third-order valence-electron chi connectivity index (χ3n) is 4.55. The molecule has 0 aliphatic carbocycles.